The molecule has 4 nitrogen and oxygen atoms in total. The summed E-state index contributed by atoms with van der Waals surface area (Å²) in [7, 11) is 1.86. The molecular weight excluding hydrogens is 250 g/mol. The number of nitrogens with one attached hydrogen (secondary N) is 1. The molecule has 4 heteroatoms. The van der Waals surface area contributed by atoms with Crippen LogP contribution in [0, 0.1) is 5.92 Å². The topological polar surface area (TPSA) is 47.0 Å². The van der Waals surface area contributed by atoms with E-state index in [0.29, 0.717) is 18.3 Å². The Morgan fingerprint density at radius 1 is 1.15 bits per heavy atom. The molecule has 0 saturated heterocycles. The Hall–Kier alpha value is -2.10. The van der Waals surface area contributed by atoms with Crippen LogP contribution in [0.25, 0.3) is 0 Å². The molecule has 0 aliphatic rings. The van der Waals surface area contributed by atoms with Gasteiger partial charge in [-0.25, -0.2) is 9.97 Å². The van der Waals surface area contributed by atoms with Crippen molar-refractivity contribution >= 4 is 5.82 Å². The fourth-order valence-electron chi connectivity index (χ4n) is 1.93. The first-order valence-corrected chi connectivity index (χ1v) is 6.90. The van der Waals surface area contributed by atoms with Crippen LogP contribution < -0.4 is 10.1 Å². The van der Waals surface area contributed by atoms with Crippen molar-refractivity contribution < 1.29 is 4.74 Å². The van der Waals surface area contributed by atoms with E-state index in [1.807, 2.05) is 43.4 Å². The molecule has 0 saturated carbocycles. The molecule has 0 bridgehead atoms. The lowest BCUT2D eigenvalue weighted by Gasteiger charge is -2.10. The van der Waals surface area contributed by atoms with Gasteiger partial charge in [-0.15, -0.1) is 0 Å². The van der Waals surface area contributed by atoms with Crippen LogP contribution in [0.4, 0.5) is 5.82 Å². The van der Waals surface area contributed by atoms with Crippen molar-refractivity contribution in [2.75, 3.05) is 12.4 Å². The largest absolute Gasteiger partial charge is 0.486 e. The van der Waals surface area contributed by atoms with Gasteiger partial charge in [0.25, 0.3) is 0 Å². The van der Waals surface area contributed by atoms with Gasteiger partial charge in [0.2, 0.25) is 0 Å². The quantitative estimate of drug-likeness (QED) is 0.875. The Kier molecular flexibility index (Phi) is 4.93. The Morgan fingerprint density at radius 3 is 2.55 bits per heavy atom. The van der Waals surface area contributed by atoms with Gasteiger partial charge < -0.3 is 10.1 Å². The molecule has 1 N–H and O–H groups in total. The lowest BCUT2D eigenvalue weighted by molar-refractivity contribution is 0.295. The highest BCUT2D eigenvalue weighted by Crippen LogP contribution is 2.14. The molecule has 1 heterocycles. The predicted molar refractivity (Wildman–Crippen MR) is 80.9 cm³/mol. The SMILES string of the molecule is CNc1cc(CC(C)C)nc(COc2ccccc2)n1. The zero-order chi connectivity index (χ0) is 14.4. The van der Waals surface area contributed by atoms with Crippen LogP contribution in [-0.2, 0) is 13.0 Å². The average Bonchev–Trinajstić information content (AvgIpc) is 2.45. The van der Waals surface area contributed by atoms with Gasteiger partial charge in [-0.05, 0) is 24.5 Å². The Bertz CT molecular complexity index is 541. The molecule has 0 aliphatic carbocycles. The van der Waals surface area contributed by atoms with Gasteiger partial charge in [0.15, 0.2) is 5.82 Å². The number of benzene rings is 1. The van der Waals surface area contributed by atoms with E-state index in [2.05, 4.69) is 29.1 Å². The summed E-state index contributed by atoms with van der Waals surface area (Å²) in [5.41, 5.74) is 1.05. The molecule has 2 rings (SSSR count). The third-order valence-corrected chi connectivity index (χ3v) is 2.81. The molecule has 106 valence electrons. The summed E-state index contributed by atoms with van der Waals surface area (Å²) in [6.45, 7) is 4.74. The summed E-state index contributed by atoms with van der Waals surface area (Å²) in [6, 6.07) is 11.7. The highest BCUT2D eigenvalue weighted by atomic mass is 16.5. The second-order valence-electron chi connectivity index (χ2n) is 5.11. The van der Waals surface area contributed by atoms with Crippen molar-refractivity contribution in [1.82, 2.24) is 9.97 Å². The maximum absolute atomic E-state index is 5.70. The maximum Gasteiger partial charge on any atom is 0.168 e. The average molecular weight is 271 g/mol. The van der Waals surface area contributed by atoms with E-state index < -0.39 is 0 Å². The van der Waals surface area contributed by atoms with E-state index in [9.17, 15) is 0 Å². The van der Waals surface area contributed by atoms with Crippen LogP contribution >= 0.6 is 0 Å². The van der Waals surface area contributed by atoms with Crippen molar-refractivity contribution in [2.45, 2.75) is 26.9 Å². The van der Waals surface area contributed by atoms with E-state index in [1.54, 1.807) is 0 Å². The summed E-state index contributed by atoms with van der Waals surface area (Å²) < 4.78 is 5.70. The zero-order valence-corrected chi connectivity index (χ0v) is 12.3. The predicted octanol–water partition coefficient (Wildman–Crippen LogP) is 3.30. The fourth-order valence-corrected chi connectivity index (χ4v) is 1.93. The van der Waals surface area contributed by atoms with Crippen molar-refractivity contribution in [2.24, 2.45) is 5.92 Å². The minimum Gasteiger partial charge on any atom is -0.486 e. The molecule has 0 amide bonds. The molecule has 0 atom stereocenters. The summed E-state index contributed by atoms with van der Waals surface area (Å²) >= 11 is 0. The number of aromatic nitrogens is 2. The molecule has 0 radical (unpaired) electrons. The Morgan fingerprint density at radius 2 is 1.90 bits per heavy atom. The summed E-state index contributed by atoms with van der Waals surface area (Å²) in [5, 5.41) is 3.07. The fraction of sp³-hybridized carbons (Fsp3) is 0.375. The van der Waals surface area contributed by atoms with Gasteiger partial charge in [0.05, 0.1) is 0 Å². The van der Waals surface area contributed by atoms with Crippen LogP contribution in [0.5, 0.6) is 5.75 Å². The molecule has 0 aliphatic heterocycles. The standard InChI is InChI=1S/C16H21N3O/c1-12(2)9-13-10-15(17-3)19-16(18-13)11-20-14-7-5-4-6-8-14/h4-8,10,12H,9,11H2,1-3H3,(H,17,18,19). The smallest absolute Gasteiger partial charge is 0.168 e. The van der Waals surface area contributed by atoms with Gasteiger partial charge in [-0.2, -0.15) is 0 Å². The molecule has 0 spiro atoms. The molecule has 20 heavy (non-hydrogen) atoms. The van der Waals surface area contributed by atoms with E-state index in [-0.39, 0.29) is 0 Å². The van der Waals surface area contributed by atoms with Crippen molar-refractivity contribution in [3.8, 4) is 5.75 Å². The first-order valence-electron chi connectivity index (χ1n) is 6.90. The number of anilines is 1. The molecule has 0 fully saturated rings. The molecular formula is C16H21N3O. The van der Waals surface area contributed by atoms with Gasteiger partial charge in [-0.3, -0.25) is 0 Å². The summed E-state index contributed by atoms with van der Waals surface area (Å²) in [6.07, 6.45) is 0.940. The van der Waals surface area contributed by atoms with Gasteiger partial charge in [0, 0.05) is 18.8 Å². The van der Waals surface area contributed by atoms with E-state index in [0.717, 1.165) is 23.7 Å². The summed E-state index contributed by atoms with van der Waals surface area (Å²) in [4.78, 5) is 8.99. The molecule has 0 unspecified atom stereocenters. The van der Waals surface area contributed by atoms with E-state index in [4.69, 9.17) is 4.74 Å². The van der Waals surface area contributed by atoms with Gasteiger partial charge in [0.1, 0.15) is 18.2 Å². The number of hydrogen-bond acceptors (Lipinski definition) is 4. The Balaban J connectivity index is 2.10. The highest BCUT2D eigenvalue weighted by Gasteiger charge is 2.06. The minimum atomic E-state index is 0.380. The van der Waals surface area contributed by atoms with Gasteiger partial charge in [-0.1, -0.05) is 32.0 Å². The Labute approximate surface area is 120 Å². The number of nitrogens with zero attached hydrogens (tertiary/aromatic N) is 2. The van der Waals surface area contributed by atoms with Crippen molar-refractivity contribution in [3.05, 3.63) is 47.9 Å². The molecule has 1 aromatic heterocycles. The monoisotopic (exact) mass is 271 g/mol. The third-order valence-electron chi connectivity index (χ3n) is 2.81. The van der Waals surface area contributed by atoms with E-state index >= 15 is 0 Å². The highest BCUT2D eigenvalue weighted by molar-refractivity contribution is 5.35. The number of ether oxygens (including phenoxy) is 1. The van der Waals surface area contributed by atoms with Crippen molar-refractivity contribution in [3.63, 3.8) is 0 Å². The lowest BCUT2D eigenvalue weighted by Crippen LogP contribution is -2.08. The molecule has 1 aromatic carbocycles. The van der Waals surface area contributed by atoms with Crippen LogP contribution in [-0.4, -0.2) is 17.0 Å². The van der Waals surface area contributed by atoms with Crippen LogP contribution in [0.3, 0.4) is 0 Å². The number of rotatable bonds is 6. The second-order valence-corrected chi connectivity index (χ2v) is 5.11. The lowest BCUT2D eigenvalue weighted by atomic mass is 10.1. The minimum absolute atomic E-state index is 0.380. The van der Waals surface area contributed by atoms with Crippen LogP contribution in [0.1, 0.15) is 25.4 Å². The number of hydrogen-bond donors (Lipinski definition) is 1. The van der Waals surface area contributed by atoms with E-state index in [1.165, 1.54) is 0 Å². The molecule has 2 aromatic rings. The first-order chi connectivity index (χ1) is 9.67. The second kappa shape index (κ2) is 6.89. The normalized spacial score (nSPS) is 10.6. The van der Waals surface area contributed by atoms with Crippen molar-refractivity contribution in [1.29, 1.82) is 0 Å². The van der Waals surface area contributed by atoms with Crippen LogP contribution in [0.2, 0.25) is 0 Å². The summed E-state index contributed by atoms with van der Waals surface area (Å²) in [5.74, 6) is 2.94. The van der Waals surface area contributed by atoms with Gasteiger partial charge >= 0.3 is 0 Å². The third kappa shape index (κ3) is 4.23. The van der Waals surface area contributed by atoms with Crippen LogP contribution in [0.15, 0.2) is 36.4 Å². The first kappa shape index (κ1) is 14.3. The zero-order valence-electron chi connectivity index (χ0n) is 12.3. The maximum atomic E-state index is 5.70. The number of para-hydroxylation sites is 1.